The molecule has 3 heterocycles. The molecule has 1 N–H and O–H groups in total. The first-order chi connectivity index (χ1) is 11.6. The van der Waals surface area contributed by atoms with E-state index in [4.69, 9.17) is 0 Å². The van der Waals surface area contributed by atoms with Crippen LogP contribution in [0.1, 0.15) is 12.8 Å². The predicted molar refractivity (Wildman–Crippen MR) is 95.7 cm³/mol. The number of aromatic nitrogens is 3. The van der Waals surface area contributed by atoms with Crippen LogP contribution >= 0.6 is 11.3 Å². The van der Waals surface area contributed by atoms with Gasteiger partial charge in [0.05, 0.1) is 0 Å². The molecule has 1 aliphatic rings. The smallest absolute Gasteiger partial charge is 0.223 e. The summed E-state index contributed by atoms with van der Waals surface area (Å²) < 4.78 is 1.96. The van der Waals surface area contributed by atoms with Crippen molar-refractivity contribution in [3.8, 4) is 5.13 Å². The molecule has 24 heavy (non-hydrogen) atoms. The number of amides is 1. The Morgan fingerprint density at radius 2 is 1.92 bits per heavy atom. The van der Waals surface area contributed by atoms with Gasteiger partial charge in [-0.3, -0.25) is 9.36 Å². The summed E-state index contributed by atoms with van der Waals surface area (Å²) in [6, 6.07) is 3.95. The lowest BCUT2D eigenvalue weighted by atomic mass is 9.96. The summed E-state index contributed by atoms with van der Waals surface area (Å²) in [7, 11) is 4.02. The van der Waals surface area contributed by atoms with Crippen LogP contribution in [0, 0.1) is 5.92 Å². The third-order valence-electron chi connectivity index (χ3n) is 4.22. The lowest BCUT2D eigenvalue weighted by Gasteiger charge is -2.30. The monoisotopic (exact) mass is 348 g/mol. The highest BCUT2D eigenvalue weighted by molar-refractivity contribution is 7.17. The normalized spacial score (nSPS) is 15.9. The molecule has 0 unspecified atom stereocenters. The average molecular weight is 348 g/mol. The highest BCUT2D eigenvalue weighted by Gasteiger charge is 2.26. The Hall–Kier alpha value is -1.93. The summed E-state index contributed by atoms with van der Waals surface area (Å²) in [4.78, 5) is 16.5. The Bertz CT molecular complexity index is 645. The number of carbonyl (C=O) groups is 1. The molecular weight excluding hydrogens is 324 g/mol. The predicted octanol–water partition coefficient (Wildman–Crippen LogP) is 1.22. The van der Waals surface area contributed by atoms with Crippen LogP contribution in [0.5, 0.6) is 0 Å². The third kappa shape index (κ3) is 4.12. The van der Waals surface area contributed by atoms with Crippen molar-refractivity contribution in [2.45, 2.75) is 12.8 Å². The van der Waals surface area contributed by atoms with Crippen molar-refractivity contribution in [2.24, 2.45) is 5.92 Å². The second-order valence-corrected chi connectivity index (χ2v) is 7.25. The number of rotatable bonds is 6. The highest BCUT2D eigenvalue weighted by atomic mass is 32.1. The van der Waals surface area contributed by atoms with E-state index in [9.17, 15) is 4.79 Å². The van der Waals surface area contributed by atoms with Crippen LogP contribution in [0.2, 0.25) is 0 Å². The quantitative estimate of drug-likeness (QED) is 0.850. The first-order valence-corrected chi connectivity index (χ1v) is 9.09. The Morgan fingerprint density at radius 3 is 2.58 bits per heavy atom. The van der Waals surface area contributed by atoms with Gasteiger partial charge in [0.2, 0.25) is 16.2 Å². The van der Waals surface area contributed by atoms with Gasteiger partial charge in [-0.25, -0.2) is 0 Å². The average Bonchev–Trinajstić information content (AvgIpc) is 3.26. The topological polar surface area (TPSA) is 66.3 Å². The van der Waals surface area contributed by atoms with Crippen LogP contribution in [0.15, 0.2) is 24.5 Å². The summed E-state index contributed by atoms with van der Waals surface area (Å²) in [5, 5.41) is 13.4. The Balaban J connectivity index is 1.49. The molecule has 0 saturated carbocycles. The molecular formula is C16H24N6OS. The molecule has 1 fully saturated rings. The van der Waals surface area contributed by atoms with E-state index < -0.39 is 0 Å². The van der Waals surface area contributed by atoms with Gasteiger partial charge in [-0.15, -0.1) is 10.2 Å². The fourth-order valence-electron chi connectivity index (χ4n) is 2.78. The number of nitrogens with zero attached hydrogens (tertiary/aromatic N) is 5. The van der Waals surface area contributed by atoms with Crippen LogP contribution in [0.4, 0.5) is 5.13 Å². The van der Waals surface area contributed by atoms with Crippen LogP contribution in [0.3, 0.4) is 0 Å². The van der Waals surface area contributed by atoms with Crippen molar-refractivity contribution in [3.63, 3.8) is 0 Å². The standard InChI is InChI=1S/C16H24N6OS/c1-20(2)12-7-17-14(23)13-5-10-22(11-6-13)16-19-18-15(24-16)21-8-3-4-9-21/h3-4,8-9,13H,5-7,10-12H2,1-2H3,(H,17,23). The number of hydrogen-bond acceptors (Lipinski definition) is 6. The first kappa shape index (κ1) is 16.9. The Labute approximate surface area is 146 Å². The van der Waals surface area contributed by atoms with Gasteiger partial charge < -0.3 is 15.1 Å². The Morgan fingerprint density at radius 1 is 1.25 bits per heavy atom. The first-order valence-electron chi connectivity index (χ1n) is 8.28. The van der Waals surface area contributed by atoms with Crippen molar-refractivity contribution in [2.75, 3.05) is 45.2 Å². The molecule has 0 atom stereocenters. The van der Waals surface area contributed by atoms with Crippen LogP contribution in [-0.4, -0.2) is 65.8 Å². The van der Waals surface area contributed by atoms with Gasteiger partial charge in [0.15, 0.2) is 0 Å². The van der Waals surface area contributed by atoms with Crippen molar-refractivity contribution >= 4 is 22.4 Å². The van der Waals surface area contributed by atoms with Crippen molar-refractivity contribution in [3.05, 3.63) is 24.5 Å². The van der Waals surface area contributed by atoms with E-state index in [2.05, 4.69) is 25.3 Å². The molecule has 1 aliphatic heterocycles. The molecule has 2 aromatic heterocycles. The highest BCUT2D eigenvalue weighted by Crippen LogP contribution is 2.27. The van der Waals surface area contributed by atoms with Crippen molar-refractivity contribution < 1.29 is 4.79 Å². The van der Waals surface area contributed by atoms with E-state index in [1.807, 2.05) is 43.2 Å². The maximum atomic E-state index is 12.2. The minimum atomic E-state index is 0.111. The zero-order valence-corrected chi connectivity index (χ0v) is 15.0. The van der Waals surface area contributed by atoms with Gasteiger partial charge in [0, 0.05) is 44.5 Å². The lowest BCUT2D eigenvalue weighted by molar-refractivity contribution is -0.125. The summed E-state index contributed by atoms with van der Waals surface area (Å²) >= 11 is 1.58. The number of likely N-dealkylation sites (N-methyl/N-ethyl adjacent to an activating group) is 1. The second kappa shape index (κ2) is 7.76. The Kier molecular flexibility index (Phi) is 5.47. The molecule has 1 saturated heterocycles. The molecule has 0 bridgehead atoms. The number of carbonyl (C=O) groups excluding carboxylic acids is 1. The minimum Gasteiger partial charge on any atom is -0.355 e. The number of piperidine rings is 1. The molecule has 7 nitrogen and oxygen atoms in total. The van der Waals surface area contributed by atoms with Gasteiger partial charge in [0.1, 0.15) is 0 Å². The molecule has 130 valence electrons. The molecule has 0 spiro atoms. The van der Waals surface area contributed by atoms with E-state index in [-0.39, 0.29) is 11.8 Å². The summed E-state index contributed by atoms with van der Waals surface area (Å²) in [6.45, 7) is 3.29. The molecule has 3 rings (SSSR count). The van der Waals surface area contributed by atoms with Crippen LogP contribution < -0.4 is 10.2 Å². The van der Waals surface area contributed by atoms with E-state index in [0.29, 0.717) is 6.54 Å². The van der Waals surface area contributed by atoms with Crippen LogP contribution in [-0.2, 0) is 4.79 Å². The van der Waals surface area contributed by atoms with Gasteiger partial charge in [-0.05, 0) is 39.1 Å². The van der Waals surface area contributed by atoms with E-state index in [0.717, 1.165) is 42.7 Å². The number of hydrogen-bond donors (Lipinski definition) is 1. The SMILES string of the molecule is CN(C)CCNC(=O)C1CCN(c2nnc(-n3cccc3)s2)CC1. The zero-order chi connectivity index (χ0) is 16.9. The van der Waals surface area contributed by atoms with Crippen molar-refractivity contribution in [1.82, 2.24) is 25.0 Å². The third-order valence-corrected chi connectivity index (χ3v) is 5.22. The van der Waals surface area contributed by atoms with E-state index in [1.165, 1.54) is 0 Å². The fourth-order valence-corrected chi connectivity index (χ4v) is 3.65. The summed E-state index contributed by atoms with van der Waals surface area (Å²) in [5.41, 5.74) is 0. The van der Waals surface area contributed by atoms with E-state index in [1.54, 1.807) is 11.3 Å². The minimum absolute atomic E-state index is 0.111. The zero-order valence-electron chi connectivity index (χ0n) is 14.2. The molecule has 2 aromatic rings. The number of nitrogens with one attached hydrogen (secondary N) is 1. The van der Waals surface area contributed by atoms with E-state index >= 15 is 0 Å². The molecule has 0 radical (unpaired) electrons. The maximum Gasteiger partial charge on any atom is 0.223 e. The molecule has 0 aliphatic carbocycles. The van der Waals surface area contributed by atoms with Gasteiger partial charge >= 0.3 is 0 Å². The summed E-state index contributed by atoms with van der Waals surface area (Å²) in [6.07, 6.45) is 5.67. The van der Waals surface area contributed by atoms with Gasteiger partial charge in [-0.1, -0.05) is 11.3 Å². The number of anilines is 1. The largest absolute Gasteiger partial charge is 0.355 e. The maximum absolute atomic E-state index is 12.2. The van der Waals surface area contributed by atoms with Gasteiger partial charge in [-0.2, -0.15) is 0 Å². The van der Waals surface area contributed by atoms with Crippen molar-refractivity contribution in [1.29, 1.82) is 0 Å². The molecule has 8 heteroatoms. The lowest BCUT2D eigenvalue weighted by Crippen LogP contribution is -2.42. The second-order valence-electron chi connectivity index (χ2n) is 6.31. The van der Waals surface area contributed by atoms with Crippen LogP contribution in [0.25, 0.3) is 5.13 Å². The van der Waals surface area contributed by atoms with Gasteiger partial charge in [0.25, 0.3) is 0 Å². The fraction of sp³-hybridized carbons (Fsp3) is 0.562. The molecule has 1 amide bonds. The summed E-state index contributed by atoms with van der Waals surface area (Å²) in [5.74, 6) is 0.294. The molecule has 0 aromatic carbocycles.